The Labute approximate surface area is 162 Å². The van der Waals surface area contributed by atoms with Gasteiger partial charge >= 0.3 is 0 Å². The van der Waals surface area contributed by atoms with Crippen molar-refractivity contribution in [2.45, 2.75) is 16.7 Å². The van der Waals surface area contributed by atoms with Gasteiger partial charge in [-0.1, -0.05) is 54.6 Å². The van der Waals surface area contributed by atoms with Crippen molar-refractivity contribution in [1.29, 1.82) is 0 Å². The van der Waals surface area contributed by atoms with Crippen LogP contribution in [0.4, 0.5) is 5.69 Å². The number of fused-ring (bicyclic) bond motifs is 6. The Morgan fingerprint density at radius 1 is 0.857 bits per heavy atom. The van der Waals surface area contributed by atoms with E-state index in [1.54, 1.807) is 11.9 Å². The normalized spacial score (nSPS) is 33.1. The highest BCUT2D eigenvalue weighted by molar-refractivity contribution is 6.10. The lowest BCUT2D eigenvalue weighted by Crippen LogP contribution is -2.61. The van der Waals surface area contributed by atoms with E-state index in [1.165, 1.54) is 0 Å². The van der Waals surface area contributed by atoms with Crippen LogP contribution in [0.1, 0.15) is 16.7 Å². The van der Waals surface area contributed by atoms with Crippen LogP contribution >= 0.6 is 0 Å². The molecule has 3 aromatic carbocycles. The largest absolute Gasteiger partial charge is 0.380 e. The standard InChI is InChI=1S/C23H20N2O3/c1-24-13-21(27)16-10-5-7-14-8-6-11-17(19(14)16)23(21,28)22(24)15-9-3-4-12-18(15)25(2)20(22)26/h3-12,27-28H,13H2,1-2H3/t21-,22?,23+/m1/s1. The fourth-order valence-electron chi connectivity index (χ4n) is 6.09. The van der Waals surface area contributed by atoms with Gasteiger partial charge < -0.3 is 15.1 Å². The summed E-state index contributed by atoms with van der Waals surface area (Å²) >= 11 is 0. The van der Waals surface area contributed by atoms with Crippen molar-refractivity contribution in [3.63, 3.8) is 0 Å². The number of likely N-dealkylation sites (N-methyl/N-ethyl adjacent to an activating group) is 2. The van der Waals surface area contributed by atoms with Crippen LogP contribution in [0.3, 0.4) is 0 Å². The molecule has 0 aromatic heterocycles. The highest BCUT2D eigenvalue weighted by Crippen LogP contribution is 2.68. The molecular formula is C23H20N2O3. The second kappa shape index (κ2) is 4.63. The third-order valence-electron chi connectivity index (χ3n) is 7.17. The van der Waals surface area contributed by atoms with Crippen molar-refractivity contribution < 1.29 is 15.0 Å². The van der Waals surface area contributed by atoms with E-state index >= 15 is 0 Å². The number of carbonyl (C=O) groups excluding carboxylic acids is 1. The van der Waals surface area contributed by atoms with E-state index in [1.807, 2.05) is 72.6 Å². The predicted molar refractivity (Wildman–Crippen MR) is 106 cm³/mol. The van der Waals surface area contributed by atoms with Gasteiger partial charge in [0.2, 0.25) is 0 Å². The van der Waals surface area contributed by atoms with Gasteiger partial charge in [-0.2, -0.15) is 0 Å². The molecule has 28 heavy (non-hydrogen) atoms. The van der Waals surface area contributed by atoms with E-state index in [9.17, 15) is 15.0 Å². The summed E-state index contributed by atoms with van der Waals surface area (Å²) in [7, 11) is 3.54. The first-order chi connectivity index (χ1) is 13.4. The van der Waals surface area contributed by atoms with Crippen LogP contribution in [0.15, 0.2) is 60.7 Å². The highest BCUT2D eigenvalue weighted by atomic mass is 16.4. The molecule has 5 heteroatoms. The third-order valence-corrected chi connectivity index (χ3v) is 7.17. The van der Waals surface area contributed by atoms with Gasteiger partial charge in [0.25, 0.3) is 5.91 Å². The van der Waals surface area contributed by atoms with Crippen LogP contribution in [-0.4, -0.2) is 41.7 Å². The molecule has 0 radical (unpaired) electrons. The SMILES string of the molecule is CN1C(=O)C2(c3ccccc31)N(C)C[C@@]1(O)c3cccc4cccc(c34)[C@@]21O. The fraction of sp³-hybridized carbons (Fsp3) is 0.261. The number of rotatable bonds is 0. The maximum atomic E-state index is 13.8. The number of carbonyl (C=O) groups is 1. The van der Waals surface area contributed by atoms with Gasteiger partial charge in [0.05, 0.1) is 0 Å². The number of amides is 1. The summed E-state index contributed by atoms with van der Waals surface area (Å²) in [5.74, 6) is -0.223. The Morgan fingerprint density at radius 2 is 1.50 bits per heavy atom. The third kappa shape index (κ3) is 1.33. The van der Waals surface area contributed by atoms with Crippen LogP contribution in [0.5, 0.6) is 0 Å². The lowest BCUT2D eigenvalue weighted by atomic mass is 9.68. The van der Waals surface area contributed by atoms with E-state index < -0.39 is 16.7 Å². The minimum Gasteiger partial charge on any atom is -0.380 e. The first-order valence-electron chi connectivity index (χ1n) is 9.45. The Kier molecular flexibility index (Phi) is 2.69. The number of β-amino-alcohol motifs (C(OH)–C–C–N with tert-alkyl or cyclic N) is 1. The number of aliphatic hydroxyl groups is 2. The summed E-state index contributed by atoms with van der Waals surface area (Å²) in [5.41, 5.74) is -1.97. The molecule has 1 aliphatic carbocycles. The zero-order valence-electron chi connectivity index (χ0n) is 15.7. The molecular weight excluding hydrogens is 352 g/mol. The zero-order chi connectivity index (χ0) is 19.5. The molecule has 6 rings (SSSR count). The molecule has 1 unspecified atom stereocenters. The average molecular weight is 372 g/mol. The molecule has 0 saturated carbocycles. The van der Waals surface area contributed by atoms with Crippen LogP contribution < -0.4 is 4.90 Å². The van der Waals surface area contributed by atoms with Crippen LogP contribution in [0, 0.1) is 0 Å². The number of hydrogen-bond acceptors (Lipinski definition) is 4. The molecule has 1 amide bonds. The van der Waals surface area contributed by atoms with Gasteiger partial charge in [-0.25, -0.2) is 0 Å². The maximum Gasteiger partial charge on any atom is 0.255 e. The van der Waals surface area contributed by atoms with Gasteiger partial charge in [-0.3, -0.25) is 9.69 Å². The number of likely N-dealkylation sites (tertiary alicyclic amines) is 1. The fourth-order valence-corrected chi connectivity index (χ4v) is 6.09. The van der Waals surface area contributed by atoms with E-state index in [0.29, 0.717) is 11.1 Å². The topological polar surface area (TPSA) is 64.0 Å². The van der Waals surface area contributed by atoms with Gasteiger partial charge in [-0.15, -0.1) is 0 Å². The Bertz CT molecular complexity index is 1200. The summed E-state index contributed by atoms with van der Waals surface area (Å²) < 4.78 is 0. The van der Waals surface area contributed by atoms with Gasteiger partial charge in [0, 0.05) is 24.8 Å². The predicted octanol–water partition coefficient (Wildman–Crippen LogP) is 2.05. The molecule has 1 fully saturated rings. The lowest BCUT2D eigenvalue weighted by Gasteiger charge is -2.43. The molecule has 3 aliphatic rings. The van der Waals surface area contributed by atoms with E-state index in [4.69, 9.17) is 0 Å². The van der Waals surface area contributed by atoms with Crippen LogP contribution in [0.2, 0.25) is 0 Å². The Balaban J connectivity index is 1.80. The average Bonchev–Trinajstić information content (AvgIpc) is 3.13. The monoisotopic (exact) mass is 372 g/mol. The molecule has 5 nitrogen and oxygen atoms in total. The minimum atomic E-state index is -1.80. The number of nitrogens with zero attached hydrogens (tertiary/aromatic N) is 2. The maximum absolute atomic E-state index is 13.8. The molecule has 3 aromatic rings. The smallest absolute Gasteiger partial charge is 0.255 e. The van der Waals surface area contributed by atoms with Crippen molar-refractivity contribution in [2.24, 2.45) is 0 Å². The Hall–Kier alpha value is -2.73. The molecule has 0 bridgehead atoms. The van der Waals surface area contributed by atoms with Crippen molar-refractivity contribution in [1.82, 2.24) is 4.90 Å². The van der Waals surface area contributed by atoms with E-state index in [-0.39, 0.29) is 12.5 Å². The van der Waals surface area contributed by atoms with E-state index in [2.05, 4.69) is 0 Å². The van der Waals surface area contributed by atoms with Gasteiger partial charge in [0.1, 0.15) is 5.60 Å². The summed E-state index contributed by atoms with van der Waals surface area (Å²) in [6.07, 6.45) is 0. The summed E-state index contributed by atoms with van der Waals surface area (Å²) in [6, 6.07) is 19.0. The quantitative estimate of drug-likeness (QED) is 0.634. The van der Waals surface area contributed by atoms with Crippen LogP contribution in [0.25, 0.3) is 10.8 Å². The number of benzene rings is 3. The molecule has 1 saturated heterocycles. The minimum absolute atomic E-state index is 0.158. The number of para-hydroxylation sites is 1. The van der Waals surface area contributed by atoms with Gasteiger partial charge in [-0.05, 0) is 35.0 Å². The molecule has 2 N–H and O–H groups in total. The van der Waals surface area contributed by atoms with Crippen molar-refractivity contribution in [3.8, 4) is 0 Å². The van der Waals surface area contributed by atoms with E-state index in [0.717, 1.165) is 22.0 Å². The summed E-state index contributed by atoms with van der Waals surface area (Å²) in [5, 5.41) is 26.2. The van der Waals surface area contributed by atoms with Crippen molar-refractivity contribution in [2.75, 3.05) is 25.5 Å². The molecule has 2 aliphatic heterocycles. The Morgan fingerprint density at radius 3 is 2.25 bits per heavy atom. The lowest BCUT2D eigenvalue weighted by molar-refractivity contribution is -0.175. The molecule has 1 spiro atoms. The molecule has 140 valence electrons. The second-order valence-electron chi connectivity index (χ2n) is 8.23. The first-order valence-corrected chi connectivity index (χ1v) is 9.45. The highest BCUT2D eigenvalue weighted by Gasteiger charge is 2.79. The number of hydrogen-bond donors (Lipinski definition) is 2. The zero-order valence-corrected chi connectivity index (χ0v) is 15.7. The van der Waals surface area contributed by atoms with Crippen molar-refractivity contribution >= 4 is 22.4 Å². The van der Waals surface area contributed by atoms with Gasteiger partial charge in [0.15, 0.2) is 11.1 Å². The number of anilines is 1. The van der Waals surface area contributed by atoms with Crippen molar-refractivity contribution in [3.05, 3.63) is 77.4 Å². The summed E-state index contributed by atoms with van der Waals surface area (Å²) in [6.45, 7) is 0.158. The first kappa shape index (κ1) is 16.2. The summed E-state index contributed by atoms with van der Waals surface area (Å²) in [4.78, 5) is 17.2. The molecule has 2 heterocycles. The second-order valence-corrected chi connectivity index (χ2v) is 8.23. The molecule has 3 atom stereocenters. The van der Waals surface area contributed by atoms with Crippen LogP contribution in [-0.2, 0) is 21.5 Å².